The van der Waals surface area contributed by atoms with Gasteiger partial charge in [-0.2, -0.15) is 5.10 Å². The lowest BCUT2D eigenvalue weighted by atomic mass is 10.1. The minimum atomic E-state index is -0.354. The number of imidazole rings is 1. The Bertz CT molecular complexity index is 1130. The van der Waals surface area contributed by atoms with Crippen molar-refractivity contribution in [3.63, 3.8) is 0 Å². The molecule has 0 saturated heterocycles. The lowest BCUT2D eigenvalue weighted by Crippen LogP contribution is -2.29. The van der Waals surface area contributed by atoms with E-state index in [4.69, 9.17) is 0 Å². The Morgan fingerprint density at radius 2 is 1.84 bits per heavy atom. The average Bonchev–Trinajstić information content (AvgIpc) is 3.06. The summed E-state index contributed by atoms with van der Waals surface area (Å²) in [5, 5.41) is 7.92. The SMILES string of the molecule is Cn1nc(C(=O)NCc2nc3ccccc3[nH]2)c2ccccc2c1=O. The molecule has 2 aromatic heterocycles. The van der Waals surface area contributed by atoms with Gasteiger partial charge < -0.3 is 10.3 Å². The lowest BCUT2D eigenvalue weighted by molar-refractivity contribution is 0.0944. The monoisotopic (exact) mass is 333 g/mol. The number of para-hydroxylation sites is 2. The summed E-state index contributed by atoms with van der Waals surface area (Å²) >= 11 is 0. The number of carbonyl (C=O) groups is 1. The molecule has 124 valence electrons. The van der Waals surface area contributed by atoms with Crippen LogP contribution in [-0.4, -0.2) is 25.7 Å². The van der Waals surface area contributed by atoms with Crippen molar-refractivity contribution < 1.29 is 4.79 Å². The smallest absolute Gasteiger partial charge is 0.274 e. The molecule has 2 heterocycles. The Hall–Kier alpha value is -3.48. The molecule has 0 radical (unpaired) electrons. The number of nitrogens with one attached hydrogen (secondary N) is 2. The van der Waals surface area contributed by atoms with Crippen molar-refractivity contribution in [2.75, 3.05) is 0 Å². The van der Waals surface area contributed by atoms with Gasteiger partial charge in [0, 0.05) is 12.4 Å². The molecule has 7 heteroatoms. The van der Waals surface area contributed by atoms with Crippen LogP contribution in [0, 0.1) is 0 Å². The fourth-order valence-electron chi connectivity index (χ4n) is 2.80. The molecule has 4 aromatic rings. The maximum Gasteiger partial charge on any atom is 0.274 e. The van der Waals surface area contributed by atoms with Gasteiger partial charge in [0.2, 0.25) is 0 Å². The van der Waals surface area contributed by atoms with Crippen LogP contribution in [0.3, 0.4) is 0 Å². The van der Waals surface area contributed by atoms with E-state index in [-0.39, 0.29) is 23.7 Å². The van der Waals surface area contributed by atoms with Crippen LogP contribution in [0.25, 0.3) is 21.8 Å². The van der Waals surface area contributed by atoms with Crippen LogP contribution < -0.4 is 10.9 Å². The number of carbonyl (C=O) groups excluding carboxylic acids is 1. The van der Waals surface area contributed by atoms with Gasteiger partial charge in [-0.3, -0.25) is 9.59 Å². The van der Waals surface area contributed by atoms with E-state index in [1.165, 1.54) is 11.7 Å². The van der Waals surface area contributed by atoms with Crippen LogP contribution in [-0.2, 0) is 13.6 Å². The quantitative estimate of drug-likeness (QED) is 0.597. The topological polar surface area (TPSA) is 92.7 Å². The fourth-order valence-corrected chi connectivity index (χ4v) is 2.80. The Morgan fingerprint density at radius 1 is 1.12 bits per heavy atom. The van der Waals surface area contributed by atoms with Crippen molar-refractivity contribution in [3.8, 4) is 0 Å². The Balaban J connectivity index is 1.64. The van der Waals surface area contributed by atoms with E-state index in [1.807, 2.05) is 24.3 Å². The van der Waals surface area contributed by atoms with Gasteiger partial charge in [0.1, 0.15) is 5.82 Å². The van der Waals surface area contributed by atoms with Crippen molar-refractivity contribution in [2.24, 2.45) is 7.05 Å². The van der Waals surface area contributed by atoms with Crippen LogP contribution in [0.15, 0.2) is 53.3 Å². The Kier molecular flexibility index (Phi) is 3.53. The van der Waals surface area contributed by atoms with Gasteiger partial charge in [0.05, 0.1) is 23.0 Å². The summed E-state index contributed by atoms with van der Waals surface area (Å²) in [4.78, 5) is 32.3. The van der Waals surface area contributed by atoms with Crippen molar-refractivity contribution in [1.82, 2.24) is 25.1 Å². The van der Waals surface area contributed by atoms with Gasteiger partial charge in [-0.05, 0) is 18.2 Å². The molecule has 0 atom stereocenters. The molecule has 0 bridgehead atoms. The highest BCUT2D eigenvalue weighted by molar-refractivity contribution is 6.04. The van der Waals surface area contributed by atoms with E-state index >= 15 is 0 Å². The summed E-state index contributed by atoms with van der Waals surface area (Å²) in [6.07, 6.45) is 0. The summed E-state index contributed by atoms with van der Waals surface area (Å²) in [6, 6.07) is 14.6. The zero-order valence-corrected chi connectivity index (χ0v) is 13.5. The molecule has 0 saturated carbocycles. The molecule has 0 spiro atoms. The van der Waals surface area contributed by atoms with E-state index in [0.29, 0.717) is 16.6 Å². The predicted octanol–water partition coefficient (Wildman–Crippen LogP) is 1.74. The molecule has 2 aromatic carbocycles. The third-order valence-electron chi connectivity index (χ3n) is 4.03. The first-order valence-electron chi connectivity index (χ1n) is 7.81. The van der Waals surface area contributed by atoms with Crippen LogP contribution in [0.5, 0.6) is 0 Å². The van der Waals surface area contributed by atoms with E-state index in [2.05, 4.69) is 20.4 Å². The normalized spacial score (nSPS) is 11.1. The number of aromatic amines is 1. The van der Waals surface area contributed by atoms with Gasteiger partial charge in [-0.1, -0.05) is 30.3 Å². The highest BCUT2D eigenvalue weighted by Gasteiger charge is 2.15. The lowest BCUT2D eigenvalue weighted by Gasteiger charge is -2.08. The van der Waals surface area contributed by atoms with Crippen molar-refractivity contribution >= 4 is 27.7 Å². The largest absolute Gasteiger partial charge is 0.343 e. The van der Waals surface area contributed by atoms with Gasteiger partial charge >= 0.3 is 0 Å². The molecular formula is C18H15N5O2. The second-order valence-corrected chi connectivity index (χ2v) is 5.71. The van der Waals surface area contributed by atoms with Gasteiger partial charge in [-0.15, -0.1) is 0 Å². The molecule has 2 N–H and O–H groups in total. The van der Waals surface area contributed by atoms with Gasteiger partial charge in [0.15, 0.2) is 5.69 Å². The number of hydrogen-bond donors (Lipinski definition) is 2. The molecular weight excluding hydrogens is 318 g/mol. The highest BCUT2D eigenvalue weighted by atomic mass is 16.2. The zero-order valence-electron chi connectivity index (χ0n) is 13.5. The molecule has 25 heavy (non-hydrogen) atoms. The van der Waals surface area contributed by atoms with Crippen LogP contribution >= 0.6 is 0 Å². The van der Waals surface area contributed by atoms with Gasteiger partial charge in [-0.25, -0.2) is 9.67 Å². The number of nitrogens with zero attached hydrogens (tertiary/aromatic N) is 3. The van der Waals surface area contributed by atoms with E-state index < -0.39 is 0 Å². The number of aryl methyl sites for hydroxylation is 1. The molecule has 7 nitrogen and oxygen atoms in total. The second-order valence-electron chi connectivity index (χ2n) is 5.71. The van der Waals surface area contributed by atoms with Crippen molar-refractivity contribution in [1.29, 1.82) is 0 Å². The molecule has 1 amide bonds. The fraction of sp³-hybridized carbons (Fsp3) is 0.111. The van der Waals surface area contributed by atoms with Crippen LogP contribution in [0.2, 0.25) is 0 Å². The maximum absolute atomic E-state index is 12.6. The molecule has 0 aliphatic carbocycles. The van der Waals surface area contributed by atoms with Crippen LogP contribution in [0.4, 0.5) is 0 Å². The maximum atomic E-state index is 12.6. The first-order chi connectivity index (χ1) is 12.1. The van der Waals surface area contributed by atoms with Crippen molar-refractivity contribution in [2.45, 2.75) is 6.54 Å². The predicted molar refractivity (Wildman–Crippen MR) is 94.2 cm³/mol. The third-order valence-corrected chi connectivity index (χ3v) is 4.03. The number of benzene rings is 2. The summed E-state index contributed by atoms with van der Waals surface area (Å²) in [6.45, 7) is 0.242. The number of hydrogen-bond acceptors (Lipinski definition) is 4. The number of fused-ring (bicyclic) bond motifs is 2. The number of aromatic nitrogens is 4. The highest BCUT2D eigenvalue weighted by Crippen LogP contribution is 2.13. The molecule has 0 aliphatic heterocycles. The first kappa shape index (κ1) is 15.1. The first-order valence-corrected chi connectivity index (χ1v) is 7.81. The molecule has 0 unspecified atom stereocenters. The summed E-state index contributed by atoms with van der Waals surface area (Å²) < 4.78 is 1.18. The number of rotatable bonds is 3. The van der Waals surface area contributed by atoms with Gasteiger partial charge in [0.25, 0.3) is 11.5 Å². The molecule has 0 aliphatic rings. The summed E-state index contributed by atoms with van der Waals surface area (Å²) in [5.41, 5.74) is 1.74. The van der Waals surface area contributed by atoms with Crippen molar-refractivity contribution in [3.05, 3.63) is 70.4 Å². The summed E-state index contributed by atoms with van der Waals surface area (Å²) in [7, 11) is 1.53. The minimum absolute atomic E-state index is 0.216. The number of amides is 1. The Labute approximate surface area is 142 Å². The molecule has 0 fully saturated rings. The Morgan fingerprint density at radius 3 is 2.64 bits per heavy atom. The van der Waals surface area contributed by atoms with Crippen LogP contribution in [0.1, 0.15) is 16.3 Å². The average molecular weight is 333 g/mol. The summed E-state index contributed by atoms with van der Waals surface area (Å²) in [5.74, 6) is 0.302. The minimum Gasteiger partial charge on any atom is -0.343 e. The molecule has 4 rings (SSSR count). The third kappa shape index (κ3) is 2.65. The standard InChI is InChI=1S/C18H15N5O2/c1-23-18(25)12-7-3-2-6-11(12)16(22-23)17(24)19-10-15-20-13-8-4-5-9-14(13)21-15/h2-9H,10H2,1H3,(H,19,24)(H,20,21). The van der Waals surface area contributed by atoms with E-state index in [9.17, 15) is 9.59 Å². The van der Waals surface area contributed by atoms with E-state index in [1.54, 1.807) is 24.3 Å². The van der Waals surface area contributed by atoms with E-state index in [0.717, 1.165) is 11.0 Å². The second kappa shape index (κ2) is 5.86. The number of H-pyrrole nitrogens is 1. The zero-order chi connectivity index (χ0) is 17.4.